The number of nitrogens with one attached hydrogen (secondary N) is 1. The van der Waals surface area contributed by atoms with E-state index >= 15 is 0 Å². The van der Waals surface area contributed by atoms with Crippen LogP contribution in [0.15, 0.2) is 42.9 Å². The van der Waals surface area contributed by atoms with E-state index in [1.54, 1.807) is 12.5 Å². The molecule has 2 heterocycles. The molecule has 0 radical (unpaired) electrons. The largest absolute Gasteiger partial charge is 0.296 e. The lowest BCUT2D eigenvalue weighted by Crippen LogP contribution is -1.95. The summed E-state index contributed by atoms with van der Waals surface area (Å²) in [6.07, 6.45) is 3.28. The van der Waals surface area contributed by atoms with Crippen LogP contribution < -0.4 is 0 Å². The van der Waals surface area contributed by atoms with Crippen molar-refractivity contribution in [3.8, 4) is 17.1 Å². The molecule has 0 saturated carbocycles. The fourth-order valence-corrected chi connectivity index (χ4v) is 1.89. The summed E-state index contributed by atoms with van der Waals surface area (Å²) in [5.74, 6) is 0. The molecule has 2 aromatic heterocycles. The molecular weight excluding hydrogens is 238 g/mol. The van der Waals surface area contributed by atoms with E-state index in [4.69, 9.17) is 11.6 Å². The van der Waals surface area contributed by atoms with E-state index in [0.29, 0.717) is 10.8 Å². The van der Waals surface area contributed by atoms with Crippen molar-refractivity contribution < 1.29 is 0 Å². The van der Waals surface area contributed by atoms with Crippen molar-refractivity contribution in [2.75, 3.05) is 0 Å². The lowest BCUT2D eigenvalue weighted by atomic mass is 10.3. The highest BCUT2D eigenvalue weighted by atomic mass is 35.5. The predicted molar refractivity (Wildman–Crippen MR) is 64.0 cm³/mol. The zero-order valence-electron chi connectivity index (χ0n) is 8.71. The van der Waals surface area contributed by atoms with Crippen LogP contribution in [0.4, 0.5) is 0 Å². The predicted octanol–water partition coefficient (Wildman–Crippen LogP) is 2.31. The minimum absolute atomic E-state index is 0.405. The number of nitrogens with zero attached hydrogens (tertiary/aromatic N) is 4. The third kappa shape index (κ3) is 1.70. The van der Waals surface area contributed by atoms with E-state index < -0.39 is 0 Å². The summed E-state index contributed by atoms with van der Waals surface area (Å²) < 4.78 is 1.88. The Morgan fingerprint density at radius 2 is 2.00 bits per heavy atom. The summed E-state index contributed by atoms with van der Waals surface area (Å²) in [7, 11) is 0. The number of imidazole rings is 1. The second-order valence-electron chi connectivity index (χ2n) is 3.44. The molecule has 0 aliphatic rings. The van der Waals surface area contributed by atoms with Gasteiger partial charge in [-0.1, -0.05) is 29.8 Å². The molecule has 6 heteroatoms. The van der Waals surface area contributed by atoms with Crippen LogP contribution >= 0.6 is 11.6 Å². The molecule has 0 unspecified atom stereocenters. The van der Waals surface area contributed by atoms with Crippen molar-refractivity contribution >= 4 is 11.6 Å². The molecule has 0 aliphatic carbocycles. The second-order valence-corrected chi connectivity index (χ2v) is 3.80. The van der Waals surface area contributed by atoms with Gasteiger partial charge in [0.25, 0.3) is 0 Å². The number of benzene rings is 1. The van der Waals surface area contributed by atoms with Crippen LogP contribution in [-0.4, -0.2) is 25.0 Å². The molecule has 3 rings (SSSR count). The molecule has 0 aliphatic heterocycles. The van der Waals surface area contributed by atoms with E-state index in [0.717, 1.165) is 11.4 Å². The Bertz CT molecular complexity index is 615. The Labute approximate surface area is 102 Å². The quantitative estimate of drug-likeness (QED) is 0.754. The van der Waals surface area contributed by atoms with Crippen LogP contribution in [0, 0.1) is 0 Å². The molecule has 17 heavy (non-hydrogen) atoms. The Hall–Kier alpha value is -2.14. The normalized spacial score (nSPS) is 10.6. The van der Waals surface area contributed by atoms with Gasteiger partial charge in [0.2, 0.25) is 0 Å². The van der Waals surface area contributed by atoms with Crippen molar-refractivity contribution in [3.63, 3.8) is 0 Å². The number of rotatable bonds is 2. The first-order valence-electron chi connectivity index (χ1n) is 5.00. The van der Waals surface area contributed by atoms with Gasteiger partial charge < -0.3 is 0 Å². The molecule has 0 saturated heterocycles. The summed E-state index contributed by atoms with van der Waals surface area (Å²) in [5.41, 5.74) is 2.37. The van der Waals surface area contributed by atoms with Crippen LogP contribution in [-0.2, 0) is 0 Å². The zero-order chi connectivity index (χ0) is 11.7. The molecule has 84 valence electrons. The van der Waals surface area contributed by atoms with Gasteiger partial charge in [0.15, 0.2) is 5.15 Å². The lowest BCUT2D eigenvalue weighted by molar-refractivity contribution is 0.938. The Morgan fingerprint density at radius 3 is 2.71 bits per heavy atom. The number of halogens is 1. The second kappa shape index (κ2) is 4.03. The highest BCUT2D eigenvalue weighted by molar-refractivity contribution is 6.31. The monoisotopic (exact) mass is 245 g/mol. The summed E-state index contributed by atoms with van der Waals surface area (Å²) in [5, 5.41) is 10.8. The van der Waals surface area contributed by atoms with Crippen LogP contribution in [0.5, 0.6) is 0 Å². The van der Waals surface area contributed by atoms with Crippen LogP contribution in [0.3, 0.4) is 0 Å². The molecule has 1 aromatic carbocycles. The molecule has 1 N–H and O–H groups in total. The highest BCUT2D eigenvalue weighted by Gasteiger charge is 2.14. The zero-order valence-corrected chi connectivity index (χ0v) is 9.46. The van der Waals surface area contributed by atoms with Gasteiger partial charge in [0.1, 0.15) is 17.7 Å². The smallest absolute Gasteiger partial charge is 0.157 e. The number of aromatic nitrogens is 5. The van der Waals surface area contributed by atoms with E-state index in [1.165, 1.54) is 0 Å². The average molecular weight is 246 g/mol. The Morgan fingerprint density at radius 1 is 1.18 bits per heavy atom. The number of H-pyrrole nitrogens is 1. The van der Waals surface area contributed by atoms with Gasteiger partial charge in [-0.05, 0) is 12.1 Å². The lowest BCUT2D eigenvalue weighted by Gasteiger charge is -2.05. The van der Waals surface area contributed by atoms with Gasteiger partial charge in [-0.2, -0.15) is 15.4 Å². The van der Waals surface area contributed by atoms with Crippen molar-refractivity contribution in [1.82, 2.24) is 25.0 Å². The minimum atomic E-state index is 0.405. The maximum Gasteiger partial charge on any atom is 0.157 e. The summed E-state index contributed by atoms with van der Waals surface area (Å²) in [4.78, 5) is 4.10. The molecular formula is C11H8ClN5. The minimum Gasteiger partial charge on any atom is -0.296 e. The molecule has 0 bridgehead atoms. The number of hydrogen-bond acceptors (Lipinski definition) is 3. The first-order valence-corrected chi connectivity index (χ1v) is 5.38. The van der Waals surface area contributed by atoms with E-state index in [2.05, 4.69) is 20.4 Å². The summed E-state index contributed by atoms with van der Waals surface area (Å²) >= 11 is 6.07. The van der Waals surface area contributed by atoms with E-state index in [9.17, 15) is 0 Å². The molecule has 0 amide bonds. The maximum absolute atomic E-state index is 6.07. The fraction of sp³-hybridized carbons (Fsp3) is 0. The van der Waals surface area contributed by atoms with Crippen LogP contribution in [0.2, 0.25) is 5.15 Å². The molecule has 0 fully saturated rings. The van der Waals surface area contributed by atoms with E-state index in [1.807, 2.05) is 34.9 Å². The van der Waals surface area contributed by atoms with Gasteiger partial charge >= 0.3 is 0 Å². The molecule has 0 spiro atoms. The topological polar surface area (TPSA) is 59.4 Å². The van der Waals surface area contributed by atoms with Gasteiger partial charge in [-0.3, -0.25) is 4.57 Å². The third-order valence-corrected chi connectivity index (χ3v) is 2.69. The SMILES string of the molecule is Clc1ncn(-c2ccccc2)c1-c1cn[nH]n1. The number of hydrogen-bond donors (Lipinski definition) is 1. The average Bonchev–Trinajstić information content (AvgIpc) is 2.99. The third-order valence-electron chi connectivity index (χ3n) is 2.41. The molecule has 3 aromatic rings. The molecule has 5 nitrogen and oxygen atoms in total. The maximum atomic E-state index is 6.07. The highest BCUT2D eigenvalue weighted by Crippen LogP contribution is 2.27. The standard InChI is InChI=1S/C11H8ClN5/c12-11-10(9-6-14-16-15-9)17(7-13-11)8-4-2-1-3-5-8/h1-7H,(H,14,15,16). The van der Waals surface area contributed by atoms with Gasteiger partial charge in [0.05, 0.1) is 6.20 Å². The summed E-state index contributed by atoms with van der Waals surface area (Å²) in [6.45, 7) is 0. The number of para-hydroxylation sites is 1. The van der Waals surface area contributed by atoms with Crippen LogP contribution in [0.25, 0.3) is 17.1 Å². The van der Waals surface area contributed by atoms with E-state index in [-0.39, 0.29) is 0 Å². The van der Waals surface area contributed by atoms with Crippen molar-refractivity contribution in [2.45, 2.75) is 0 Å². The fourth-order valence-electron chi connectivity index (χ4n) is 1.66. The van der Waals surface area contributed by atoms with Crippen molar-refractivity contribution in [2.24, 2.45) is 0 Å². The summed E-state index contributed by atoms with van der Waals surface area (Å²) in [6, 6.07) is 9.81. The van der Waals surface area contributed by atoms with Crippen molar-refractivity contribution in [1.29, 1.82) is 0 Å². The van der Waals surface area contributed by atoms with Crippen LogP contribution in [0.1, 0.15) is 0 Å². The van der Waals surface area contributed by atoms with Gasteiger partial charge in [0, 0.05) is 5.69 Å². The first-order chi connectivity index (χ1) is 8.36. The van der Waals surface area contributed by atoms with Crippen molar-refractivity contribution in [3.05, 3.63) is 48.0 Å². The number of aromatic amines is 1. The van der Waals surface area contributed by atoms with Gasteiger partial charge in [-0.25, -0.2) is 4.98 Å². The van der Waals surface area contributed by atoms with Gasteiger partial charge in [-0.15, -0.1) is 0 Å². The Kier molecular flexibility index (Phi) is 2.38. The Balaban J connectivity index is 2.20. The molecule has 0 atom stereocenters. The first kappa shape index (κ1) is 10.0.